The molecule has 2 amide bonds. The van der Waals surface area contributed by atoms with E-state index in [9.17, 15) is 14.4 Å². The molecule has 1 aliphatic heterocycles. The molecule has 8 heteroatoms. The number of hydrazine groups is 1. The Labute approximate surface area is 130 Å². The zero-order valence-corrected chi connectivity index (χ0v) is 13.0. The summed E-state index contributed by atoms with van der Waals surface area (Å²) in [4.78, 5) is 37.0. The number of carbonyl (C=O) groups excluding carboxylic acids is 2. The lowest BCUT2D eigenvalue weighted by Crippen LogP contribution is -2.45. The first-order valence-electron chi connectivity index (χ1n) is 6.65. The fourth-order valence-electron chi connectivity index (χ4n) is 2.38. The minimum absolute atomic E-state index is 0.00598. The molecule has 2 rings (SSSR count). The summed E-state index contributed by atoms with van der Waals surface area (Å²) in [5.41, 5.74) is 1.92. The Hall–Kier alpha value is -1.67. The highest BCUT2D eigenvalue weighted by molar-refractivity contribution is 9.10. The number of nitrogens with two attached hydrogens (primary N) is 1. The number of likely N-dealkylation sites (tertiary alicyclic amines) is 1. The number of hydrogen-bond donors (Lipinski definition) is 2. The van der Waals surface area contributed by atoms with Crippen molar-refractivity contribution in [2.45, 2.75) is 19.4 Å². The van der Waals surface area contributed by atoms with E-state index in [-0.39, 0.29) is 29.8 Å². The first-order valence-corrected chi connectivity index (χ1v) is 7.45. The molecule has 2 heterocycles. The molecule has 1 aromatic rings. The van der Waals surface area contributed by atoms with Gasteiger partial charge in [-0.05, 0) is 34.8 Å². The van der Waals surface area contributed by atoms with Crippen LogP contribution in [0.15, 0.2) is 27.6 Å². The van der Waals surface area contributed by atoms with Gasteiger partial charge in [0.05, 0.1) is 0 Å². The Bertz CT molecular complexity index is 593. The van der Waals surface area contributed by atoms with Gasteiger partial charge in [0.25, 0.3) is 5.56 Å². The van der Waals surface area contributed by atoms with Crippen LogP contribution in [0.4, 0.5) is 0 Å². The van der Waals surface area contributed by atoms with Gasteiger partial charge >= 0.3 is 0 Å². The summed E-state index contributed by atoms with van der Waals surface area (Å²) in [5, 5.41) is 0. The maximum Gasteiger partial charge on any atom is 0.251 e. The van der Waals surface area contributed by atoms with Gasteiger partial charge in [0.15, 0.2) is 0 Å². The number of amides is 2. The molecule has 0 atom stereocenters. The lowest BCUT2D eigenvalue weighted by molar-refractivity contribution is -0.136. The smallest absolute Gasteiger partial charge is 0.251 e. The minimum atomic E-state index is -0.219. The molecule has 1 aliphatic rings. The number of rotatable bonds is 3. The summed E-state index contributed by atoms with van der Waals surface area (Å²) in [5.74, 6) is 4.65. The minimum Gasteiger partial charge on any atom is -0.341 e. The molecule has 0 aromatic carbocycles. The molecule has 0 unspecified atom stereocenters. The Kier molecular flexibility index (Phi) is 5.13. The fourth-order valence-corrected chi connectivity index (χ4v) is 2.76. The number of piperidine rings is 1. The summed E-state index contributed by atoms with van der Waals surface area (Å²) >= 11 is 3.27. The molecule has 7 nitrogen and oxygen atoms in total. The van der Waals surface area contributed by atoms with Crippen LogP contribution in [0, 0.1) is 5.92 Å². The molecule has 0 saturated carbocycles. The molecule has 0 spiro atoms. The molecule has 21 heavy (non-hydrogen) atoms. The monoisotopic (exact) mass is 356 g/mol. The van der Waals surface area contributed by atoms with E-state index in [1.807, 2.05) is 0 Å². The van der Waals surface area contributed by atoms with Gasteiger partial charge in [0.1, 0.15) is 6.54 Å². The lowest BCUT2D eigenvalue weighted by Gasteiger charge is -2.31. The van der Waals surface area contributed by atoms with Crippen molar-refractivity contribution in [2.75, 3.05) is 13.1 Å². The molecule has 3 N–H and O–H groups in total. The lowest BCUT2D eigenvalue weighted by atomic mass is 9.96. The molecule has 0 radical (unpaired) electrons. The molecule has 0 bridgehead atoms. The average molecular weight is 357 g/mol. The second kappa shape index (κ2) is 6.86. The van der Waals surface area contributed by atoms with E-state index in [1.54, 1.807) is 17.2 Å². The Morgan fingerprint density at radius 1 is 1.33 bits per heavy atom. The van der Waals surface area contributed by atoms with Crippen molar-refractivity contribution in [1.82, 2.24) is 14.9 Å². The first-order chi connectivity index (χ1) is 10.0. The Morgan fingerprint density at radius 2 is 2.00 bits per heavy atom. The van der Waals surface area contributed by atoms with Crippen molar-refractivity contribution >= 4 is 27.7 Å². The summed E-state index contributed by atoms with van der Waals surface area (Å²) in [7, 11) is 0. The van der Waals surface area contributed by atoms with Crippen LogP contribution in [0.1, 0.15) is 12.8 Å². The molecule has 0 aliphatic carbocycles. The summed E-state index contributed by atoms with van der Waals surface area (Å²) < 4.78 is 2.11. The molecular weight excluding hydrogens is 340 g/mol. The van der Waals surface area contributed by atoms with Crippen molar-refractivity contribution in [3.63, 3.8) is 0 Å². The second-order valence-corrected chi connectivity index (χ2v) is 5.89. The maximum absolute atomic E-state index is 12.2. The van der Waals surface area contributed by atoms with Crippen LogP contribution in [-0.2, 0) is 16.1 Å². The average Bonchev–Trinajstić information content (AvgIpc) is 2.50. The van der Waals surface area contributed by atoms with Gasteiger partial charge in [-0.25, -0.2) is 5.84 Å². The number of halogens is 1. The number of carbonyl (C=O) groups is 2. The second-order valence-electron chi connectivity index (χ2n) is 4.98. The number of nitrogens with zero attached hydrogens (tertiary/aromatic N) is 2. The SMILES string of the molecule is NNC(=O)C1CCN(C(=O)Cn2cc(Br)ccc2=O)CC1. The number of hydrogen-bond acceptors (Lipinski definition) is 4. The predicted octanol–water partition coefficient (Wildman–Crippen LogP) is -0.161. The number of aromatic nitrogens is 1. The van der Waals surface area contributed by atoms with Crippen LogP contribution in [0.5, 0.6) is 0 Å². The van der Waals surface area contributed by atoms with Crippen LogP contribution in [-0.4, -0.2) is 34.4 Å². The van der Waals surface area contributed by atoms with Crippen LogP contribution >= 0.6 is 15.9 Å². The third-order valence-corrected chi connectivity index (χ3v) is 4.08. The van der Waals surface area contributed by atoms with Crippen LogP contribution in [0.25, 0.3) is 0 Å². The highest BCUT2D eigenvalue weighted by Gasteiger charge is 2.26. The quantitative estimate of drug-likeness (QED) is 0.446. The van der Waals surface area contributed by atoms with Crippen LogP contribution < -0.4 is 16.8 Å². The van der Waals surface area contributed by atoms with Gasteiger partial charge in [0, 0.05) is 35.7 Å². The topological polar surface area (TPSA) is 97.4 Å². The number of nitrogens with one attached hydrogen (secondary N) is 1. The van der Waals surface area contributed by atoms with E-state index in [2.05, 4.69) is 21.4 Å². The highest BCUT2D eigenvalue weighted by atomic mass is 79.9. The van der Waals surface area contributed by atoms with Crippen molar-refractivity contribution < 1.29 is 9.59 Å². The first kappa shape index (κ1) is 15.7. The Balaban J connectivity index is 1.95. The van der Waals surface area contributed by atoms with E-state index < -0.39 is 0 Å². The Morgan fingerprint density at radius 3 is 2.62 bits per heavy atom. The van der Waals surface area contributed by atoms with Crippen molar-refractivity contribution in [1.29, 1.82) is 0 Å². The van der Waals surface area contributed by atoms with Crippen molar-refractivity contribution in [3.05, 3.63) is 33.2 Å². The molecule has 1 fully saturated rings. The van der Waals surface area contributed by atoms with E-state index in [0.29, 0.717) is 25.9 Å². The number of pyridine rings is 1. The third-order valence-electron chi connectivity index (χ3n) is 3.61. The maximum atomic E-state index is 12.2. The van der Waals surface area contributed by atoms with E-state index in [0.717, 1.165) is 4.47 Å². The van der Waals surface area contributed by atoms with Crippen LogP contribution in [0.2, 0.25) is 0 Å². The van der Waals surface area contributed by atoms with Crippen LogP contribution in [0.3, 0.4) is 0 Å². The molecule has 1 aromatic heterocycles. The van der Waals surface area contributed by atoms with Gasteiger partial charge in [-0.15, -0.1) is 0 Å². The molecule has 1 saturated heterocycles. The summed E-state index contributed by atoms with van der Waals surface area (Å²) in [6.45, 7) is 1.01. The zero-order valence-electron chi connectivity index (χ0n) is 11.4. The molecule has 114 valence electrons. The van der Waals surface area contributed by atoms with Crippen molar-refractivity contribution in [2.24, 2.45) is 11.8 Å². The summed E-state index contributed by atoms with van der Waals surface area (Å²) in [6, 6.07) is 3.05. The van der Waals surface area contributed by atoms with Crippen molar-refractivity contribution in [3.8, 4) is 0 Å². The fraction of sp³-hybridized carbons (Fsp3) is 0.462. The zero-order chi connectivity index (χ0) is 15.4. The standard InChI is InChI=1S/C13H17BrN4O3/c14-10-1-2-11(19)18(7-10)8-12(20)17-5-3-9(4-6-17)13(21)16-15/h1-2,7,9H,3-6,8,15H2,(H,16,21). The van der Waals surface area contributed by atoms with E-state index in [4.69, 9.17) is 5.84 Å². The van der Waals surface area contributed by atoms with Gasteiger partial charge < -0.3 is 9.47 Å². The van der Waals surface area contributed by atoms with Gasteiger partial charge in [-0.2, -0.15) is 0 Å². The van der Waals surface area contributed by atoms with Gasteiger partial charge in [-0.1, -0.05) is 0 Å². The summed E-state index contributed by atoms with van der Waals surface area (Å²) in [6.07, 6.45) is 2.76. The predicted molar refractivity (Wildman–Crippen MR) is 80.0 cm³/mol. The van der Waals surface area contributed by atoms with E-state index >= 15 is 0 Å². The third kappa shape index (κ3) is 3.92. The van der Waals surface area contributed by atoms with Gasteiger partial charge in [0.2, 0.25) is 11.8 Å². The highest BCUT2D eigenvalue weighted by Crippen LogP contribution is 2.17. The van der Waals surface area contributed by atoms with Gasteiger partial charge in [-0.3, -0.25) is 19.8 Å². The largest absolute Gasteiger partial charge is 0.341 e. The van der Waals surface area contributed by atoms with E-state index in [1.165, 1.54) is 10.6 Å². The molecular formula is C13H17BrN4O3. The normalized spacial score (nSPS) is 15.8.